The van der Waals surface area contributed by atoms with E-state index < -0.39 is 59.2 Å². The lowest BCUT2D eigenvalue weighted by Crippen LogP contribution is -2.40. The summed E-state index contributed by atoms with van der Waals surface area (Å²) in [5, 5.41) is 91.2. The minimum atomic E-state index is -0.625. The van der Waals surface area contributed by atoms with Crippen LogP contribution in [0.15, 0.2) is 101 Å². The number of anilines is 3. The maximum Gasteiger partial charge on any atom is 0.407 e. The predicted molar refractivity (Wildman–Crippen MR) is 360 cm³/mol. The highest BCUT2D eigenvalue weighted by molar-refractivity contribution is 6.38. The molecule has 34 nitrogen and oxygen atoms in total. The number of aromatic amines is 2. The first-order valence-corrected chi connectivity index (χ1v) is 30.4. The number of nitrogens with zero attached hydrogens (tertiary/aromatic N) is 14. The van der Waals surface area contributed by atoms with Crippen LogP contribution in [-0.2, 0) is 4.74 Å². The van der Waals surface area contributed by atoms with Crippen LogP contribution in [0, 0.1) is 50.6 Å². The van der Waals surface area contributed by atoms with E-state index in [-0.39, 0.29) is 84.2 Å². The van der Waals surface area contributed by atoms with Gasteiger partial charge in [0.2, 0.25) is 0 Å². The normalized spacial score (nSPS) is 14.8. The Kier molecular flexibility index (Phi) is 23.0. The van der Waals surface area contributed by atoms with Crippen LogP contribution < -0.4 is 36.5 Å². The number of nitro groups is 5. The summed E-state index contributed by atoms with van der Waals surface area (Å²) in [4.78, 5) is 114. The third kappa shape index (κ3) is 17.3. The summed E-state index contributed by atoms with van der Waals surface area (Å²) in [5.74, 6) is 0.932. The molecule has 4 N–H and O–H groups in total. The summed E-state index contributed by atoms with van der Waals surface area (Å²) in [6, 6.07) is 20.5. The molecule has 5 aromatic carbocycles. The zero-order valence-corrected chi connectivity index (χ0v) is 54.3. The number of halogens is 4. The molecule has 1 atom stereocenters. The number of nitrogens with one attached hydrogen (secondary N) is 4. The molecule has 5 aliphatic rings. The van der Waals surface area contributed by atoms with Gasteiger partial charge in [-0.3, -0.25) is 85.3 Å². The van der Waals surface area contributed by atoms with Gasteiger partial charge < -0.3 is 24.8 Å². The average molecular weight is 1420 g/mol. The molecule has 38 heteroatoms. The highest BCUT2D eigenvalue weighted by Crippen LogP contribution is 2.37. The Balaban J connectivity index is 0.000000157. The molecule has 97 heavy (non-hydrogen) atoms. The van der Waals surface area contributed by atoms with Gasteiger partial charge >= 0.3 is 6.09 Å². The largest absolute Gasteiger partial charge is 0.444 e. The zero-order chi connectivity index (χ0) is 69.3. The fourth-order valence-corrected chi connectivity index (χ4v) is 10.3. The van der Waals surface area contributed by atoms with E-state index in [0.717, 1.165) is 68.3 Å². The standard InChI is InChI=1S/C20H26N6O4.C11H9ClN4O2.C8H3Cl2N3O2.C8H5N3O4.C8H4N2O4.C4H8.ClH/c1-20(2,3)30-19(27)21-13-7-10-25(12-13)17-15-6-5-14(26(28)29)11-16(15)18(23-22-17)24-8-4-9-24;12-10-8-3-2-7(16(17)18)6-9(8)11(14-13-10)15-4-1-5-15;9-7-5-2-1-4(13(14)15)3-6(5)8(10)12-11-7;12-7-5-2-1-4(11(14)15)3-6(5)8(13)10-9-7;11-7-5-2-1-4(10(13)14)3-6(5)8(12)9-7;1-2-4-3-1;/h5-6,11,13H,4,7-10,12H2,1-3H3,(H,21,27);2-3,6H,1,4-5H2;1-3H;1-3H,(H,9,12)(H,10,13);1-3H,(H,9,11,12);1-4H2;1H/t13-;;;;;;/m1....../s1. The average Bonchev–Trinajstić information content (AvgIpc) is 1.46. The first-order chi connectivity index (χ1) is 45.7. The van der Waals surface area contributed by atoms with Crippen LogP contribution in [-0.4, -0.2) is 134 Å². The molecule has 0 radical (unpaired) electrons. The number of ether oxygens (including phenoxy) is 1. The van der Waals surface area contributed by atoms with Gasteiger partial charge in [0.05, 0.1) is 52.6 Å². The van der Waals surface area contributed by atoms with E-state index >= 15 is 0 Å². The van der Waals surface area contributed by atoms with Crippen LogP contribution in [0.1, 0.15) is 86.4 Å². The van der Waals surface area contributed by atoms with Crippen molar-refractivity contribution in [1.29, 1.82) is 0 Å². The van der Waals surface area contributed by atoms with E-state index in [0.29, 0.717) is 52.1 Å². The SMILES string of the molecule is C1CCC1.CC(C)(C)OC(=O)N[C@@H]1CCN(c2nnc(N3CCC3)c3cc([N+](=O)[O-])ccc23)C1.Cl.O=C1NC(=O)c2cc([N+](=O)[O-])ccc21.O=[N+]([O-])c1ccc2c(Cl)nnc(Cl)c2c1.O=[N+]([O-])c1ccc2c(Cl)nnc(N3CCC3)c2c1.O=c1[nH][nH]c(=O)c2cc([N+](=O)[O-])ccc12. The molecule has 3 amide bonds. The molecule has 14 rings (SSSR count). The summed E-state index contributed by atoms with van der Waals surface area (Å²) in [5.41, 5.74) is -1.77. The van der Waals surface area contributed by atoms with Gasteiger partial charge in [0.25, 0.3) is 51.4 Å². The monoisotopic (exact) mass is 1410 g/mol. The third-order valence-electron chi connectivity index (χ3n) is 15.2. The van der Waals surface area contributed by atoms with Crippen molar-refractivity contribution in [2.24, 2.45) is 0 Å². The van der Waals surface area contributed by atoms with Crippen LogP contribution in [0.2, 0.25) is 15.5 Å². The Bertz CT molecular complexity index is 4720. The van der Waals surface area contributed by atoms with Crippen molar-refractivity contribution in [3.8, 4) is 0 Å². The van der Waals surface area contributed by atoms with Gasteiger partial charge in [-0.15, -0.1) is 43.0 Å². The molecule has 0 bridgehead atoms. The van der Waals surface area contributed by atoms with E-state index in [9.17, 15) is 74.5 Å². The van der Waals surface area contributed by atoms with E-state index in [2.05, 4.69) is 55.9 Å². The van der Waals surface area contributed by atoms with Crippen LogP contribution in [0.25, 0.3) is 43.1 Å². The summed E-state index contributed by atoms with van der Waals surface area (Å²) >= 11 is 17.5. The number of hydrogen-bond donors (Lipinski definition) is 4. The number of carbonyl (C=O) groups is 3. The maximum atomic E-state index is 12.1. The predicted octanol–water partition coefficient (Wildman–Crippen LogP) is 10.7. The van der Waals surface area contributed by atoms with E-state index in [1.807, 2.05) is 31.0 Å². The summed E-state index contributed by atoms with van der Waals surface area (Å²) in [6.07, 6.45) is 8.49. The molecule has 4 aliphatic heterocycles. The minimum absolute atomic E-state index is 0. The molecule has 506 valence electrons. The number of carbonyl (C=O) groups excluding carboxylic acids is 3. The van der Waals surface area contributed by atoms with Gasteiger partial charge in [0.1, 0.15) is 5.60 Å². The van der Waals surface area contributed by atoms with Gasteiger partial charge in [0, 0.05) is 132 Å². The summed E-state index contributed by atoms with van der Waals surface area (Å²) in [7, 11) is 0. The van der Waals surface area contributed by atoms with Gasteiger partial charge in [-0.05, 0) is 70.4 Å². The molecular weight excluding hydrogens is 1360 g/mol. The number of benzene rings is 5. The second-order valence-electron chi connectivity index (χ2n) is 22.7. The van der Waals surface area contributed by atoms with Crippen molar-refractivity contribution in [1.82, 2.24) is 51.4 Å². The number of hydrogen-bond acceptors (Lipinski definition) is 25. The minimum Gasteiger partial charge on any atom is -0.444 e. The number of imide groups is 1. The highest BCUT2D eigenvalue weighted by atomic mass is 35.5. The fraction of sp³-hybridized carbons (Fsp3) is 0.305. The summed E-state index contributed by atoms with van der Waals surface area (Å²) in [6.45, 7) is 10.3. The molecule has 1 aliphatic carbocycles. The second-order valence-corrected chi connectivity index (χ2v) is 23.8. The molecule has 4 fully saturated rings. The number of rotatable bonds is 9. The van der Waals surface area contributed by atoms with Crippen molar-refractivity contribution in [2.45, 2.75) is 77.4 Å². The van der Waals surface area contributed by atoms with Crippen LogP contribution in [0.3, 0.4) is 0 Å². The maximum absolute atomic E-state index is 12.1. The topological polar surface area (TPSA) is 453 Å². The first kappa shape index (κ1) is 71.9. The van der Waals surface area contributed by atoms with Crippen molar-refractivity contribution < 1.29 is 43.7 Å². The third-order valence-corrected chi connectivity index (χ3v) is 16.0. The van der Waals surface area contributed by atoms with Crippen LogP contribution >= 0.6 is 47.2 Å². The number of non-ortho nitro benzene ring substituents is 5. The van der Waals surface area contributed by atoms with Gasteiger partial charge in [-0.25, -0.2) is 4.79 Å². The van der Waals surface area contributed by atoms with Crippen LogP contribution in [0.5, 0.6) is 0 Å². The van der Waals surface area contributed by atoms with Crippen molar-refractivity contribution in [3.63, 3.8) is 0 Å². The van der Waals surface area contributed by atoms with Gasteiger partial charge in [0.15, 0.2) is 32.9 Å². The summed E-state index contributed by atoms with van der Waals surface area (Å²) < 4.78 is 5.34. The molecule has 0 spiro atoms. The lowest BCUT2D eigenvalue weighted by Gasteiger charge is -2.33. The quantitative estimate of drug-likeness (QED) is 0.0592. The lowest BCUT2D eigenvalue weighted by molar-refractivity contribution is -0.385. The molecule has 0 unspecified atom stereocenters. The van der Waals surface area contributed by atoms with Crippen molar-refractivity contribution in [3.05, 3.63) is 189 Å². The van der Waals surface area contributed by atoms with E-state index in [1.165, 1.54) is 86.3 Å². The first-order valence-electron chi connectivity index (χ1n) is 29.2. The Morgan fingerprint density at radius 1 is 0.474 bits per heavy atom. The molecule has 1 saturated carbocycles. The molecule has 9 aromatic rings. The number of amides is 3. The molecule has 3 saturated heterocycles. The number of alkyl carbamates (subject to hydrolysis) is 1. The van der Waals surface area contributed by atoms with E-state index in [4.69, 9.17) is 39.5 Å². The smallest absolute Gasteiger partial charge is 0.407 e. The lowest BCUT2D eigenvalue weighted by atomic mass is 10.0. The van der Waals surface area contributed by atoms with Crippen molar-refractivity contribution in [2.75, 3.05) is 54.0 Å². The zero-order valence-electron chi connectivity index (χ0n) is 51.3. The van der Waals surface area contributed by atoms with Crippen molar-refractivity contribution >= 4 is 154 Å². The molecular formula is C59H56Cl4N18O16. The van der Waals surface area contributed by atoms with Gasteiger partial charge in [-0.2, -0.15) is 0 Å². The molecule has 4 aromatic heterocycles. The number of nitro benzene ring substituents is 5. The Hall–Kier alpha value is -11.0. The van der Waals surface area contributed by atoms with Gasteiger partial charge in [-0.1, -0.05) is 60.5 Å². The second kappa shape index (κ2) is 31.1. The number of H-pyrrole nitrogens is 2. The van der Waals surface area contributed by atoms with Crippen LogP contribution in [0.4, 0.5) is 50.7 Å². The Morgan fingerprint density at radius 2 is 0.845 bits per heavy atom. The number of aromatic nitrogens is 8. The molecule has 8 heterocycles. The number of fused-ring (bicyclic) bond motifs is 5. The Morgan fingerprint density at radius 3 is 1.31 bits per heavy atom. The van der Waals surface area contributed by atoms with E-state index in [1.54, 1.807) is 18.2 Å². The highest BCUT2D eigenvalue weighted by Gasteiger charge is 2.32. The Labute approximate surface area is 566 Å². The fourth-order valence-electron chi connectivity index (χ4n) is 9.73.